The Bertz CT molecular complexity index is 639. The lowest BCUT2D eigenvalue weighted by molar-refractivity contribution is 0.701. The minimum Gasteiger partial charge on any atom is -0.266 e. The molecule has 2 rings (SSSR count). The van der Waals surface area contributed by atoms with Gasteiger partial charge in [0.2, 0.25) is 0 Å². The Balaban J connectivity index is 2.36. The zero-order valence-electron chi connectivity index (χ0n) is 10.5. The van der Waals surface area contributed by atoms with Gasteiger partial charge in [0.15, 0.2) is 0 Å². The molecule has 0 unspecified atom stereocenters. The Labute approximate surface area is 115 Å². The summed E-state index contributed by atoms with van der Waals surface area (Å²) in [6, 6.07) is 9.71. The summed E-state index contributed by atoms with van der Waals surface area (Å²) in [5, 5.41) is 9.47. The van der Waals surface area contributed by atoms with Crippen molar-refractivity contribution in [3.05, 3.63) is 57.5 Å². The molecule has 0 N–H and O–H groups in total. The van der Waals surface area contributed by atoms with Gasteiger partial charge in [0, 0.05) is 13.8 Å². The highest BCUT2D eigenvalue weighted by Crippen LogP contribution is 2.22. The van der Waals surface area contributed by atoms with Gasteiger partial charge in [0.25, 0.3) is 5.56 Å². The average Bonchev–Trinajstić information content (AvgIpc) is 2.44. The standard InChI is InChI=1S/C13H13ClN4O/c1-15-18(9-10-6-4-3-5-7-10)11-8-16-17(2)13(19)12(11)14/h3-8H,1,9H2,2H3. The lowest BCUT2D eigenvalue weighted by Crippen LogP contribution is -2.24. The summed E-state index contributed by atoms with van der Waals surface area (Å²) in [7, 11) is 1.54. The van der Waals surface area contributed by atoms with Crippen LogP contribution in [0.15, 0.2) is 46.4 Å². The van der Waals surface area contributed by atoms with Crippen LogP contribution >= 0.6 is 11.6 Å². The molecule has 0 saturated carbocycles. The summed E-state index contributed by atoms with van der Waals surface area (Å²) in [5.41, 5.74) is 1.12. The first kappa shape index (κ1) is 13.3. The van der Waals surface area contributed by atoms with Gasteiger partial charge >= 0.3 is 0 Å². The van der Waals surface area contributed by atoms with E-state index in [4.69, 9.17) is 11.6 Å². The third kappa shape index (κ3) is 2.82. The number of rotatable bonds is 4. The van der Waals surface area contributed by atoms with Crippen LogP contribution in [0.2, 0.25) is 5.02 Å². The fraction of sp³-hybridized carbons (Fsp3) is 0.154. The van der Waals surface area contributed by atoms with Gasteiger partial charge in [-0.1, -0.05) is 41.9 Å². The smallest absolute Gasteiger partial charge is 0.266 e. The predicted octanol–water partition coefficient (Wildman–Crippen LogP) is 2.06. The van der Waals surface area contributed by atoms with Crippen molar-refractivity contribution in [2.24, 2.45) is 12.1 Å². The maximum Gasteiger partial charge on any atom is 0.287 e. The average molecular weight is 277 g/mol. The lowest BCUT2D eigenvalue weighted by atomic mass is 10.2. The van der Waals surface area contributed by atoms with Gasteiger partial charge in [-0.15, -0.1) is 0 Å². The van der Waals surface area contributed by atoms with E-state index in [0.717, 1.165) is 5.56 Å². The van der Waals surface area contributed by atoms with Crippen molar-refractivity contribution in [2.45, 2.75) is 6.54 Å². The summed E-state index contributed by atoms with van der Waals surface area (Å²) in [6.07, 6.45) is 1.50. The van der Waals surface area contributed by atoms with E-state index in [1.165, 1.54) is 10.9 Å². The van der Waals surface area contributed by atoms with E-state index in [9.17, 15) is 4.79 Å². The number of nitrogens with zero attached hydrogens (tertiary/aromatic N) is 4. The molecule has 0 aliphatic heterocycles. The molecule has 0 amide bonds. The molecule has 2 aromatic rings. The van der Waals surface area contributed by atoms with Crippen molar-refractivity contribution in [2.75, 3.05) is 5.01 Å². The molecule has 98 valence electrons. The largest absolute Gasteiger partial charge is 0.287 e. The summed E-state index contributed by atoms with van der Waals surface area (Å²) in [6.45, 7) is 3.98. The van der Waals surface area contributed by atoms with Crippen LogP contribution < -0.4 is 10.6 Å². The molecule has 0 spiro atoms. The van der Waals surface area contributed by atoms with Crippen LogP contribution in [0.3, 0.4) is 0 Å². The number of aromatic nitrogens is 2. The summed E-state index contributed by atoms with van der Waals surface area (Å²) in [5.74, 6) is 0. The summed E-state index contributed by atoms with van der Waals surface area (Å²) in [4.78, 5) is 11.7. The molecular formula is C13H13ClN4O. The zero-order valence-corrected chi connectivity index (χ0v) is 11.2. The Hall–Kier alpha value is -2.14. The van der Waals surface area contributed by atoms with Gasteiger partial charge in [-0.3, -0.25) is 9.80 Å². The van der Waals surface area contributed by atoms with E-state index in [2.05, 4.69) is 16.9 Å². The van der Waals surface area contributed by atoms with Gasteiger partial charge in [-0.25, -0.2) is 4.68 Å². The van der Waals surface area contributed by atoms with Crippen LogP contribution in [-0.2, 0) is 13.6 Å². The summed E-state index contributed by atoms with van der Waals surface area (Å²) < 4.78 is 1.18. The fourth-order valence-electron chi connectivity index (χ4n) is 1.65. The van der Waals surface area contributed by atoms with E-state index in [1.54, 1.807) is 12.1 Å². The lowest BCUT2D eigenvalue weighted by Gasteiger charge is -2.19. The molecule has 5 nitrogen and oxygen atoms in total. The number of hydrogen-bond acceptors (Lipinski definition) is 4. The zero-order chi connectivity index (χ0) is 13.8. The molecule has 0 radical (unpaired) electrons. The van der Waals surface area contributed by atoms with E-state index >= 15 is 0 Å². The third-order valence-corrected chi connectivity index (χ3v) is 3.04. The number of halogens is 1. The first-order valence-electron chi connectivity index (χ1n) is 5.63. The van der Waals surface area contributed by atoms with Gasteiger partial charge in [0.05, 0.1) is 12.7 Å². The number of aryl methyl sites for hydroxylation is 1. The van der Waals surface area contributed by atoms with Crippen LogP contribution in [-0.4, -0.2) is 16.5 Å². The number of hydrogen-bond donors (Lipinski definition) is 0. The monoisotopic (exact) mass is 276 g/mol. The second-order valence-corrected chi connectivity index (χ2v) is 4.34. The molecule has 6 heteroatoms. The maximum atomic E-state index is 11.7. The minimum absolute atomic E-state index is 0.0841. The first-order valence-corrected chi connectivity index (χ1v) is 6.01. The van der Waals surface area contributed by atoms with Crippen molar-refractivity contribution in [3.8, 4) is 0 Å². The first-order chi connectivity index (χ1) is 9.13. The van der Waals surface area contributed by atoms with Gasteiger partial charge in [0.1, 0.15) is 10.7 Å². The SMILES string of the molecule is C=NN(Cc1ccccc1)c1cnn(C)c(=O)c1Cl. The molecule has 1 aromatic carbocycles. The van der Waals surface area contributed by atoms with Crippen LogP contribution in [0, 0.1) is 0 Å². The third-order valence-electron chi connectivity index (χ3n) is 2.68. The maximum absolute atomic E-state index is 11.7. The highest BCUT2D eigenvalue weighted by atomic mass is 35.5. The summed E-state index contributed by atoms with van der Waals surface area (Å²) >= 11 is 6.04. The number of hydrazone groups is 1. The number of anilines is 1. The second kappa shape index (κ2) is 5.67. The fourth-order valence-corrected chi connectivity index (χ4v) is 1.92. The Morgan fingerprint density at radius 1 is 1.42 bits per heavy atom. The van der Waals surface area contributed by atoms with Gasteiger partial charge < -0.3 is 0 Å². The minimum atomic E-state index is -0.360. The molecule has 1 aromatic heterocycles. The van der Waals surface area contributed by atoms with Crippen molar-refractivity contribution < 1.29 is 0 Å². The molecule has 19 heavy (non-hydrogen) atoms. The molecule has 0 saturated heterocycles. The van der Waals surface area contributed by atoms with Crippen molar-refractivity contribution >= 4 is 24.0 Å². The molecule has 0 aliphatic rings. The van der Waals surface area contributed by atoms with Crippen LogP contribution in [0.25, 0.3) is 0 Å². The van der Waals surface area contributed by atoms with Crippen molar-refractivity contribution in [1.82, 2.24) is 9.78 Å². The molecule has 0 aliphatic carbocycles. The highest BCUT2D eigenvalue weighted by molar-refractivity contribution is 6.33. The normalized spacial score (nSPS) is 10.2. The highest BCUT2D eigenvalue weighted by Gasteiger charge is 2.14. The van der Waals surface area contributed by atoms with E-state index in [1.807, 2.05) is 30.3 Å². The quantitative estimate of drug-likeness (QED) is 0.634. The van der Waals surface area contributed by atoms with E-state index in [0.29, 0.717) is 12.2 Å². The number of benzene rings is 1. The topological polar surface area (TPSA) is 50.5 Å². The second-order valence-electron chi connectivity index (χ2n) is 3.96. The Morgan fingerprint density at radius 2 is 2.11 bits per heavy atom. The molecule has 0 fully saturated rings. The molecular weight excluding hydrogens is 264 g/mol. The van der Waals surface area contributed by atoms with Crippen LogP contribution in [0.1, 0.15) is 5.56 Å². The van der Waals surface area contributed by atoms with Gasteiger partial charge in [-0.05, 0) is 5.56 Å². The Kier molecular flexibility index (Phi) is 3.97. The molecule has 0 bridgehead atoms. The van der Waals surface area contributed by atoms with Crippen LogP contribution in [0.4, 0.5) is 5.69 Å². The molecule has 1 heterocycles. The van der Waals surface area contributed by atoms with Crippen molar-refractivity contribution in [1.29, 1.82) is 0 Å². The van der Waals surface area contributed by atoms with Crippen molar-refractivity contribution in [3.63, 3.8) is 0 Å². The Morgan fingerprint density at radius 3 is 2.74 bits per heavy atom. The molecule has 0 atom stereocenters. The van der Waals surface area contributed by atoms with E-state index in [-0.39, 0.29) is 10.6 Å². The van der Waals surface area contributed by atoms with Gasteiger partial charge in [-0.2, -0.15) is 10.2 Å². The van der Waals surface area contributed by atoms with Crippen LogP contribution in [0.5, 0.6) is 0 Å². The predicted molar refractivity (Wildman–Crippen MR) is 76.7 cm³/mol. The van der Waals surface area contributed by atoms with E-state index < -0.39 is 0 Å².